The van der Waals surface area contributed by atoms with Crippen molar-refractivity contribution in [1.82, 2.24) is 4.98 Å². The molecule has 0 unspecified atom stereocenters. The summed E-state index contributed by atoms with van der Waals surface area (Å²) in [5.41, 5.74) is 1.89. The van der Waals surface area contributed by atoms with E-state index in [1.165, 1.54) is 0 Å². The molecule has 17 heavy (non-hydrogen) atoms. The molecule has 0 spiro atoms. The van der Waals surface area contributed by atoms with E-state index in [0.717, 1.165) is 16.9 Å². The van der Waals surface area contributed by atoms with Crippen LogP contribution in [0, 0.1) is 6.92 Å². The fourth-order valence-electron chi connectivity index (χ4n) is 1.41. The molecule has 0 aliphatic rings. The quantitative estimate of drug-likeness (QED) is 0.775. The highest BCUT2D eigenvalue weighted by molar-refractivity contribution is 6.30. The molecule has 0 atom stereocenters. The van der Waals surface area contributed by atoms with Crippen LogP contribution in [0.25, 0.3) is 0 Å². The Labute approximate surface area is 110 Å². The Balaban J connectivity index is 2.12. The summed E-state index contributed by atoms with van der Waals surface area (Å²) in [6, 6.07) is 9.26. The lowest BCUT2D eigenvalue weighted by Gasteiger charge is -2.10. The van der Waals surface area contributed by atoms with Crippen molar-refractivity contribution >= 4 is 23.2 Å². The second-order valence-corrected chi connectivity index (χ2v) is 4.45. The predicted octanol–water partition coefficient (Wildman–Crippen LogP) is 4.28. The van der Waals surface area contributed by atoms with Crippen LogP contribution in [0.3, 0.4) is 0 Å². The van der Waals surface area contributed by atoms with Gasteiger partial charge in [-0.15, -0.1) is 0 Å². The highest BCUT2D eigenvalue weighted by Crippen LogP contribution is 2.24. The van der Waals surface area contributed by atoms with Gasteiger partial charge in [0.25, 0.3) is 0 Å². The van der Waals surface area contributed by atoms with Crippen LogP contribution in [0.4, 0.5) is 0 Å². The Bertz CT molecular complexity index is 529. The molecular weight excluding hydrogens is 257 g/mol. The van der Waals surface area contributed by atoms with Gasteiger partial charge >= 0.3 is 0 Å². The Kier molecular flexibility index (Phi) is 3.87. The molecule has 0 aliphatic heterocycles. The van der Waals surface area contributed by atoms with Crippen LogP contribution < -0.4 is 4.74 Å². The van der Waals surface area contributed by atoms with Gasteiger partial charge in [0, 0.05) is 16.8 Å². The molecular formula is C13H11Cl2NO. The van der Waals surface area contributed by atoms with Crippen molar-refractivity contribution in [2.75, 3.05) is 0 Å². The molecule has 0 saturated carbocycles. The summed E-state index contributed by atoms with van der Waals surface area (Å²) in [7, 11) is 0. The van der Waals surface area contributed by atoms with E-state index < -0.39 is 0 Å². The third-order valence-corrected chi connectivity index (χ3v) is 2.95. The SMILES string of the molecule is Cc1ccc(Cl)cc1OCc1cccnc1Cl. The minimum atomic E-state index is 0.383. The van der Waals surface area contributed by atoms with Crippen molar-refractivity contribution in [2.45, 2.75) is 13.5 Å². The van der Waals surface area contributed by atoms with Crippen molar-refractivity contribution < 1.29 is 4.74 Å². The number of hydrogen-bond acceptors (Lipinski definition) is 2. The first-order valence-electron chi connectivity index (χ1n) is 5.15. The van der Waals surface area contributed by atoms with Crippen LogP contribution in [0.15, 0.2) is 36.5 Å². The molecule has 0 amide bonds. The number of rotatable bonds is 3. The molecule has 0 aliphatic carbocycles. The van der Waals surface area contributed by atoms with Gasteiger partial charge in [-0.25, -0.2) is 4.98 Å². The molecule has 4 heteroatoms. The number of aromatic nitrogens is 1. The Morgan fingerprint density at radius 1 is 1.24 bits per heavy atom. The second-order valence-electron chi connectivity index (χ2n) is 3.65. The lowest BCUT2D eigenvalue weighted by Crippen LogP contribution is -1.98. The largest absolute Gasteiger partial charge is 0.488 e. The number of pyridine rings is 1. The molecule has 0 radical (unpaired) electrons. The van der Waals surface area contributed by atoms with E-state index in [-0.39, 0.29) is 0 Å². The zero-order valence-corrected chi connectivity index (χ0v) is 10.8. The first-order valence-corrected chi connectivity index (χ1v) is 5.91. The fraction of sp³-hybridized carbons (Fsp3) is 0.154. The Hall–Kier alpha value is -1.25. The van der Waals surface area contributed by atoms with Crippen LogP contribution in [-0.4, -0.2) is 4.98 Å². The van der Waals surface area contributed by atoms with Gasteiger partial charge in [0.05, 0.1) is 0 Å². The van der Waals surface area contributed by atoms with Gasteiger partial charge in [0.1, 0.15) is 17.5 Å². The number of aryl methyl sites for hydroxylation is 1. The average molecular weight is 268 g/mol. The van der Waals surface area contributed by atoms with Gasteiger partial charge in [0.15, 0.2) is 0 Å². The zero-order valence-electron chi connectivity index (χ0n) is 9.28. The number of halogens is 2. The van der Waals surface area contributed by atoms with E-state index in [1.54, 1.807) is 12.3 Å². The van der Waals surface area contributed by atoms with Gasteiger partial charge in [-0.2, -0.15) is 0 Å². The number of benzene rings is 1. The van der Waals surface area contributed by atoms with Crippen LogP contribution in [-0.2, 0) is 6.61 Å². The van der Waals surface area contributed by atoms with Gasteiger partial charge < -0.3 is 4.74 Å². The summed E-state index contributed by atoms with van der Waals surface area (Å²) in [6.07, 6.45) is 1.65. The van der Waals surface area contributed by atoms with Crippen molar-refractivity contribution in [3.8, 4) is 5.75 Å². The van der Waals surface area contributed by atoms with Gasteiger partial charge in [-0.3, -0.25) is 0 Å². The van der Waals surface area contributed by atoms with Crippen molar-refractivity contribution in [3.63, 3.8) is 0 Å². The summed E-state index contributed by atoms with van der Waals surface area (Å²) in [5, 5.41) is 1.12. The maximum Gasteiger partial charge on any atom is 0.135 e. The second kappa shape index (κ2) is 5.39. The summed E-state index contributed by atoms with van der Waals surface area (Å²) in [6.45, 7) is 2.35. The van der Waals surface area contributed by atoms with E-state index in [4.69, 9.17) is 27.9 Å². The van der Waals surface area contributed by atoms with E-state index in [2.05, 4.69) is 4.98 Å². The zero-order chi connectivity index (χ0) is 12.3. The van der Waals surface area contributed by atoms with Crippen molar-refractivity contribution in [3.05, 3.63) is 57.8 Å². The molecule has 1 heterocycles. The molecule has 2 rings (SSSR count). The first kappa shape index (κ1) is 12.2. The smallest absolute Gasteiger partial charge is 0.135 e. The van der Waals surface area contributed by atoms with Crippen LogP contribution in [0.2, 0.25) is 10.2 Å². The lowest BCUT2D eigenvalue weighted by molar-refractivity contribution is 0.304. The molecule has 2 aromatic rings. The topological polar surface area (TPSA) is 22.1 Å². The van der Waals surface area contributed by atoms with Gasteiger partial charge in [0.2, 0.25) is 0 Å². The summed E-state index contributed by atoms with van der Waals surface area (Å²) < 4.78 is 5.68. The van der Waals surface area contributed by atoms with Gasteiger partial charge in [-0.1, -0.05) is 35.3 Å². The number of hydrogen-bond donors (Lipinski definition) is 0. The molecule has 1 aromatic carbocycles. The minimum Gasteiger partial charge on any atom is -0.488 e. The highest BCUT2D eigenvalue weighted by Gasteiger charge is 2.04. The normalized spacial score (nSPS) is 10.3. The Morgan fingerprint density at radius 3 is 2.82 bits per heavy atom. The van der Waals surface area contributed by atoms with Crippen molar-refractivity contribution in [1.29, 1.82) is 0 Å². The van der Waals surface area contributed by atoms with E-state index in [0.29, 0.717) is 16.8 Å². The van der Waals surface area contributed by atoms with Crippen molar-refractivity contribution in [2.24, 2.45) is 0 Å². The number of nitrogens with zero attached hydrogens (tertiary/aromatic N) is 1. The highest BCUT2D eigenvalue weighted by atomic mass is 35.5. The third-order valence-electron chi connectivity index (χ3n) is 2.37. The number of ether oxygens (including phenoxy) is 1. The first-order chi connectivity index (χ1) is 8.16. The molecule has 1 aromatic heterocycles. The predicted molar refractivity (Wildman–Crippen MR) is 69.8 cm³/mol. The van der Waals surface area contributed by atoms with E-state index >= 15 is 0 Å². The molecule has 0 fully saturated rings. The van der Waals surface area contributed by atoms with Gasteiger partial charge in [-0.05, 0) is 30.7 Å². The van der Waals surface area contributed by atoms with E-state index in [9.17, 15) is 0 Å². The fourth-order valence-corrected chi connectivity index (χ4v) is 1.75. The Morgan fingerprint density at radius 2 is 2.06 bits per heavy atom. The summed E-state index contributed by atoms with van der Waals surface area (Å²) in [4.78, 5) is 3.99. The average Bonchev–Trinajstić information content (AvgIpc) is 2.32. The molecule has 0 N–H and O–H groups in total. The maximum atomic E-state index is 5.94. The minimum absolute atomic E-state index is 0.383. The summed E-state index contributed by atoms with van der Waals surface area (Å²) >= 11 is 11.9. The molecule has 0 bridgehead atoms. The molecule has 2 nitrogen and oxygen atoms in total. The maximum absolute atomic E-state index is 5.94. The molecule has 88 valence electrons. The molecule has 0 saturated heterocycles. The summed E-state index contributed by atoms with van der Waals surface area (Å²) in [5.74, 6) is 0.761. The van der Waals surface area contributed by atoms with Crippen LogP contribution in [0.1, 0.15) is 11.1 Å². The van der Waals surface area contributed by atoms with Crippen LogP contribution in [0.5, 0.6) is 5.75 Å². The standard InChI is InChI=1S/C13H11Cl2NO/c1-9-4-5-11(14)7-12(9)17-8-10-3-2-6-16-13(10)15/h2-7H,8H2,1H3. The lowest BCUT2D eigenvalue weighted by atomic mass is 10.2. The van der Waals surface area contributed by atoms with Crippen LogP contribution >= 0.6 is 23.2 Å². The van der Waals surface area contributed by atoms with E-state index in [1.807, 2.05) is 31.2 Å². The monoisotopic (exact) mass is 267 g/mol. The third kappa shape index (κ3) is 3.11.